The summed E-state index contributed by atoms with van der Waals surface area (Å²) in [5.41, 5.74) is 6.62. The Morgan fingerprint density at radius 1 is 1.24 bits per heavy atom. The molecule has 0 amide bonds. The molecule has 120 valence electrons. The van der Waals surface area contributed by atoms with Gasteiger partial charge in [0.1, 0.15) is 11.5 Å². The zero-order chi connectivity index (χ0) is 15.8. The molecule has 0 saturated heterocycles. The minimum absolute atomic E-state index is 0.398. The van der Waals surface area contributed by atoms with Crippen molar-refractivity contribution in [2.45, 2.75) is 32.4 Å². The molecule has 5 nitrogen and oxygen atoms in total. The number of benzene rings is 1. The van der Waals surface area contributed by atoms with Gasteiger partial charge in [0.15, 0.2) is 0 Å². The first-order valence-corrected chi connectivity index (χ1v) is 7.60. The smallest absolute Gasteiger partial charge is 0.141 e. The molecule has 1 aromatic carbocycles. The maximum absolute atomic E-state index is 10.4. The maximum atomic E-state index is 10.4. The minimum Gasteiger partial charge on any atom is -0.493 e. The maximum Gasteiger partial charge on any atom is 0.141 e. The van der Waals surface area contributed by atoms with Crippen molar-refractivity contribution in [1.82, 2.24) is 5.32 Å². The van der Waals surface area contributed by atoms with E-state index < -0.39 is 12.1 Å². The summed E-state index contributed by atoms with van der Waals surface area (Å²) in [6.07, 6.45) is -0.193. The van der Waals surface area contributed by atoms with E-state index in [1.165, 1.54) is 0 Å². The molecule has 21 heavy (non-hydrogen) atoms. The first kappa shape index (κ1) is 18.0. The van der Waals surface area contributed by atoms with E-state index in [-0.39, 0.29) is 0 Å². The van der Waals surface area contributed by atoms with Crippen LogP contribution in [0.25, 0.3) is 0 Å². The standard InChI is InChI=1S/C15H25ClN2O3/c1-4-20-13-9-14(21-5-2)11(16)8-10(13)15(19)12(17)6-7-18-3/h8-9,12,15,18-19H,4-7,17H2,1-3H3. The number of hydrogen-bond acceptors (Lipinski definition) is 5. The van der Waals surface area contributed by atoms with Crippen LogP contribution in [0.15, 0.2) is 12.1 Å². The lowest BCUT2D eigenvalue weighted by atomic mass is 9.99. The van der Waals surface area contributed by atoms with Gasteiger partial charge in [0, 0.05) is 17.7 Å². The molecule has 0 radical (unpaired) electrons. The molecule has 0 spiro atoms. The molecule has 0 aliphatic rings. The molecule has 4 N–H and O–H groups in total. The summed E-state index contributed by atoms with van der Waals surface area (Å²) in [4.78, 5) is 0. The summed E-state index contributed by atoms with van der Waals surface area (Å²) in [6, 6.07) is 2.98. The largest absolute Gasteiger partial charge is 0.493 e. The van der Waals surface area contributed by atoms with Gasteiger partial charge in [0.25, 0.3) is 0 Å². The predicted octanol–water partition coefficient (Wildman–Crippen LogP) is 2.11. The van der Waals surface area contributed by atoms with Crippen LogP contribution in [-0.4, -0.2) is 38.0 Å². The highest BCUT2D eigenvalue weighted by atomic mass is 35.5. The first-order chi connectivity index (χ1) is 10.0. The topological polar surface area (TPSA) is 76.7 Å². The molecule has 1 rings (SSSR count). The van der Waals surface area contributed by atoms with Crippen molar-refractivity contribution in [3.63, 3.8) is 0 Å². The van der Waals surface area contributed by atoms with Gasteiger partial charge >= 0.3 is 0 Å². The molecule has 1 aromatic rings. The number of nitrogens with two attached hydrogens (primary N) is 1. The lowest BCUT2D eigenvalue weighted by Gasteiger charge is -2.22. The van der Waals surface area contributed by atoms with Gasteiger partial charge in [-0.25, -0.2) is 0 Å². The van der Waals surface area contributed by atoms with Gasteiger partial charge in [-0.1, -0.05) is 11.6 Å². The molecule has 0 aromatic heterocycles. The van der Waals surface area contributed by atoms with Crippen LogP contribution in [-0.2, 0) is 0 Å². The van der Waals surface area contributed by atoms with Crippen LogP contribution in [0.1, 0.15) is 31.9 Å². The van der Waals surface area contributed by atoms with Gasteiger partial charge in [-0.15, -0.1) is 0 Å². The summed E-state index contributed by atoms with van der Waals surface area (Å²) in [6.45, 7) is 5.49. The normalized spacial score (nSPS) is 13.8. The molecule has 0 saturated carbocycles. The number of halogens is 1. The van der Waals surface area contributed by atoms with E-state index in [0.717, 1.165) is 6.54 Å². The molecule has 6 heteroatoms. The lowest BCUT2D eigenvalue weighted by molar-refractivity contribution is 0.137. The van der Waals surface area contributed by atoms with E-state index in [4.69, 9.17) is 26.8 Å². The molecule has 0 bridgehead atoms. The van der Waals surface area contributed by atoms with Crippen molar-refractivity contribution < 1.29 is 14.6 Å². The molecule has 0 heterocycles. The summed E-state index contributed by atoms with van der Waals surface area (Å²) in [5, 5.41) is 13.9. The highest BCUT2D eigenvalue weighted by molar-refractivity contribution is 6.32. The number of aliphatic hydroxyl groups excluding tert-OH is 1. The van der Waals surface area contributed by atoms with Crippen LogP contribution < -0.4 is 20.5 Å². The fourth-order valence-corrected chi connectivity index (χ4v) is 2.25. The Balaban J connectivity index is 3.05. The number of ether oxygens (including phenoxy) is 2. The predicted molar refractivity (Wildman–Crippen MR) is 85.3 cm³/mol. The SMILES string of the molecule is CCOc1cc(OCC)c(C(O)C(N)CCNC)cc1Cl. The minimum atomic E-state index is -0.840. The van der Waals surface area contributed by atoms with Gasteiger partial charge in [0.2, 0.25) is 0 Å². The van der Waals surface area contributed by atoms with Crippen molar-refractivity contribution in [1.29, 1.82) is 0 Å². The van der Waals surface area contributed by atoms with E-state index >= 15 is 0 Å². The van der Waals surface area contributed by atoms with Crippen molar-refractivity contribution in [3.8, 4) is 11.5 Å². The van der Waals surface area contributed by atoms with Crippen LogP contribution in [0.3, 0.4) is 0 Å². The van der Waals surface area contributed by atoms with Crippen LogP contribution >= 0.6 is 11.6 Å². The number of rotatable bonds is 9. The van der Waals surface area contributed by atoms with Gasteiger partial charge in [-0.3, -0.25) is 0 Å². The Bertz CT molecular complexity index is 443. The van der Waals surface area contributed by atoms with Gasteiger partial charge in [0.05, 0.1) is 24.3 Å². The Labute approximate surface area is 131 Å². The number of nitrogens with one attached hydrogen (secondary N) is 1. The monoisotopic (exact) mass is 316 g/mol. The number of hydrogen-bond donors (Lipinski definition) is 3. The summed E-state index contributed by atoms with van der Waals surface area (Å²) in [5.74, 6) is 1.10. The number of aliphatic hydroxyl groups is 1. The van der Waals surface area contributed by atoms with E-state index in [2.05, 4.69) is 5.32 Å². The van der Waals surface area contributed by atoms with Gasteiger partial charge in [-0.2, -0.15) is 0 Å². The Hall–Kier alpha value is -1.01. The van der Waals surface area contributed by atoms with Crippen molar-refractivity contribution in [2.75, 3.05) is 26.8 Å². The van der Waals surface area contributed by atoms with Crippen LogP contribution in [0, 0.1) is 0 Å². The van der Waals surface area contributed by atoms with Gasteiger partial charge < -0.3 is 25.6 Å². The molecular formula is C15H25ClN2O3. The summed E-state index contributed by atoms with van der Waals surface area (Å²) in [7, 11) is 1.85. The quantitative estimate of drug-likeness (QED) is 0.650. The third-order valence-electron chi connectivity index (χ3n) is 3.12. The van der Waals surface area contributed by atoms with Crippen molar-refractivity contribution in [2.24, 2.45) is 5.73 Å². The highest BCUT2D eigenvalue weighted by Gasteiger charge is 2.22. The second-order valence-corrected chi connectivity index (χ2v) is 5.09. The van der Waals surface area contributed by atoms with E-state index in [0.29, 0.717) is 41.7 Å². The molecular weight excluding hydrogens is 292 g/mol. The molecule has 0 aliphatic carbocycles. The molecule has 0 aliphatic heterocycles. The van der Waals surface area contributed by atoms with Crippen LogP contribution in [0.2, 0.25) is 5.02 Å². The third kappa shape index (κ3) is 5.04. The Morgan fingerprint density at radius 3 is 2.43 bits per heavy atom. The molecule has 2 unspecified atom stereocenters. The van der Waals surface area contributed by atoms with Crippen molar-refractivity contribution >= 4 is 11.6 Å². The van der Waals surface area contributed by atoms with Crippen molar-refractivity contribution in [3.05, 3.63) is 22.7 Å². The third-order valence-corrected chi connectivity index (χ3v) is 3.41. The average molecular weight is 317 g/mol. The lowest BCUT2D eigenvalue weighted by Crippen LogP contribution is -2.31. The zero-order valence-corrected chi connectivity index (χ0v) is 13.6. The van der Waals surface area contributed by atoms with Gasteiger partial charge in [-0.05, 0) is 39.9 Å². The summed E-state index contributed by atoms with van der Waals surface area (Å²) < 4.78 is 11.0. The van der Waals surface area contributed by atoms with Crippen LogP contribution in [0.5, 0.6) is 11.5 Å². The zero-order valence-electron chi connectivity index (χ0n) is 12.9. The Kier molecular flexibility index (Phi) is 7.82. The molecule has 0 fully saturated rings. The highest BCUT2D eigenvalue weighted by Crippen LogP contribution is 2.37. The second kappa shape index (κ2) is 9.10. The van der Waals surface area contributed by atoms with E-state index in [1.807, 2.05) is 20.9 Å². The Morgan fingerprint density at radius 2 is 1.86 bits per heavy atom. The fraction of sp³-hybridized carbons (Fsp3) is 0.600. The average Bonchev–Trinajstić information content (AvgIpc) is 2.47. The van der Waals surface area contributed by atoms with E-state index in [1.54, 1.807) is 12.1 Å². The first-order valence-electron chi connectivity index (χ1n) is 7.22. The fourth-order valence-electron chi connectivity index (χ4n) is 2.03. The van der Waals surface area contributed by atoms with E-state index in [9.17, 15) is 5.11 Å². The van der Waals surface area contributed by atoms with Crippen LogP contribution in [0.4, 0.5) is 0 Å². The summed E-state index contributed by atoms with van der Waals surface area (Å²) >= 11 is 6.19. The second-order valence-electron chi connectivity index (χ2n) is 4.69. The molecule has 2 atom stereocenters.